The Labute approximate surface area is 164 Å². The third kappa shape index (κ3) is 4.97. The molecule has 2 aromatic heterocycles. The van der Waals surface area contributed by atoms with Gasteiger partial charge < -0.3 is 14.1 Å². The van der Waals surface area contributed by atoms with Crippen molar-refractivity contribution in [3.63, 3.8) is 0 Å². The van der Waals surface area contributed by atoms with Gasteiger partial charge in [0.1, 0.15) is 6.26 Å². The van der Waals surface area contributed by atoms with Crippen molar-refractivity contribution >= 4 is 17.2 Å². The molecule has 27 heavy (non-hydrogen) atoms. The lowest BCUT2D eigenvalue weighted by atomic mass is 9.93. The van der Waals surface area contributed by atoms with E-state index < -0.39 is 0 Å². The first-order chi connectivity index (χ1) is 13.3. The second-order valence-corrected chi connectivity index (χ2v) is 8.31. The van der Waals surface area contributed by atoms with Gasteiger partial charge in [-0.15, -0.1) is 11.3 Å². The number of amides is 1. The van der Waals surface area contributed by atoms with Crippen LogP contribution in [-0.4, -0.2) is 66.6 Å². The molecule has 0 N–H and O–H groups in total. The van der Waals surface area contributed by atoms with Gasteiger partial charge in [0.05, 0.1) is 30.2 Å². The summed E-state index contributed by atoms with van der Waals surface area (Å²) in [6.45, 7) is 6.73. The molecule has 2 aliphatic heterocycles. The highest BCUT2D eigenvalue weighted by molar-refractivity contribution is 7.13. The molecule has 0 aromatic carbocycles. The first kappa shape index (κ1) is 18.7. The van der Waals surface area contributed by atoms with Crippen LogP contribution in [0.2, 0.25) is 0 Å². The lowest BCUT2D eigenvalue weighted by molar-refractivity contribution is -0.132. The number of hydrogen-bond donors (Lipinski definition) is 0. The van der Waals surface area contributed by atoms with Gasteiger partial charge in [-0.1, -0.05) is 6.07 Å². The van der Waals surface area contributed by atoms with Crippen LogP contribution in [0.25, 0.3) is 10.8 Å². The SMILES string of the molecule is O=C(Cc1coc(-c2cccs2)n1)N1CCC(CCN2CCOCC2)CC1. The van der Waals surface area contributed by atoms with E-state index in [0.717, 1.165) is 75.3 Å². The molecule has 0 spiro atoms. The van der Waals surface area contributed by atoms with E-state index in [2.05, 4.69) is 9.88 Å². The second-order valence-electron chi connectivity index (χ2n) is 7.36. The molecule has 4 rings (SSSR count). The van der Waals surface area contributed by atoms with Gasteiger partial charge in [-0.2, -0.15) is 0 Å². The molecule has 7 heteroatoms. The summed E-state index contributed by atoms with van der Waals surface area (Å²) in [5.74, 6) is 1.50. The van der Waals surface area contributed by atoms with Crippen molar-refractivity contribution in [3.8, 4) is 10.8 Å². The van der Waals surface area contributed by atoms with E-state index >= 15 is 0 Å². The van der Waals surface area contributed by atoms with Crippen molar-refractivity contribution in [1.82, 2.24) is 14.8 Å². The third-order valence-electron chi connectivity index (χ3n) is 5.54. The molecule has 4 heterocycles. The van der Waals surface area contributed by atoms with Crippen LogP contribution in [0, 0.1) is 5.92 Å². The quantitative estimate of drug-likeness (QED) is 0.760. The first-order valence-electron chi connectivity index (χ1n) is 9.84. The summed E-state index contributed by atoms with van der Waals surface area (Å²) in [4.78, 5) is 22.5. The minimum absolute atomic E-state index is 0.160. The summed E-state index contributed by atoms with van der Waals surface area (Å²) in [7, 11) is 0. The fourth-order valence-corrected chi connectivity index (χ4v) is 4.48. The van der Waals surface area contributed by atoms with Crippen LogP contribution in [0.1, 0.15) is 25.0 Å². The molecule has 2 saturated heterocycles. The minimum Gasteiger partial charge on any atom is -0.444 e. The summed E-state index contributed by atoms with van der Waals surface area (Å²) in [6.07, 6.45) is 5.38. The van der Waals surface area contributed by atoms with Crippen LogP contribution in [-0.2, 0) is 16.0 Å². The van der Waals surface area contributed by atoms with E-state index in [1.165, 1.54) is 6.42 Å². The Morgan fingerprint density at radius 3 is 2.78 bits per heavy atom. The predicted octanol–water partition coefficient (Wildman–Crippen LogP) is 2.91. The van der Waals surface area contributed by atoms with Crippen molar-refractivity contribution in [2.24, 2.45) is 5.92 Å². The fraction of sp³-hybridized carbons (Fsp3) is 0.600. The van der Waals surface area contributed by atoms with Crippen LogP contribution in [0.4, 0.5) is 0 Å². The van der Waals surface area contributed by atoms with Crippen molar-refractivity contribution < 1.29 is 13.9 Å². The Kier molecular flexibility index (Phi) is 6.21. The number of rotatable bonds is 6. The predicted molar refractivity (Wildman–Crippen MR) is 105 cm³/mol. The van der Waals surface area contributed by atoms with Gasteiger partial charge in [0.15, 0.2) is 0 Å². The van der Waals surface area contributed by atoms with Crippen LogP contribution in [0.3, 0.4) is 0 Å². The molecule has 6 nitrogen and oxygen atoms in total. The van der Waals surface area contributed by atoms with Crippen LogP contribution in [0.5, 0.6) is 0 Å². The van der Waals surface area contributed by atoms with Gasteiger partial charge in [0.25, 0.3) is 0 Å². The monoisotopic (exact) mass is 389 g/mol. The summed E-state index contributed by atoms with van der Waals surface area (Å²) >= 11 is 1.59. The summed E-state index contributed by atoms with van der Waals surface area (Å²) in [6, 6.07) is 3.95. The molecule has 0 saturated carbocycles. The number of ether oxygens (including phenoxy) is 1. The van der Waals surface area contributed by atoms with Gasteiger partial charge in [-0.3, -0.25) is 9.69 Å². The molecule has 0 bridgehead atoms. The Morgan fingerprint density at radius 1 is 1.22 bits per heavy atom. The Bertz CT molecular complexity index is 717. The maximum absolute atomic E-state index is 12.6. The first-order valence-corrected chi connectivity index (χ1v) is 10.7. The van der Waals surface area contributed by atoms with E-state index in [4.69, 9.17) is 9.15 Å². The Balaban J connectivity index is 1.20. The highest BCUT2D eigenvalue weighted by Crippen LogP contribution is 2.25. The molecule has 2 fully saturated rings. The number of likely N-dealkylation sites (tertiary alicyclic amines) is 1. The zero-order valence-corrected chi connectivity index (χ0v) is 16.5. The second kappa shape index (κ2) is 8.99. The number of aromatic nitrogens is 1. The minimum atomic E-state index is 0.160. The van der Waals surface area contributed by atoms with Gasteiger partial charge in [-0.25, -0.2) is 4.98 Å². The molecule has 0 unspecified atom stereocenters. The fourth-order valence-electron chi connectivity index (χ4n) is 3.83. The topological polar surface area (TPSA) is 58.8 Å². The maximum Gasteiger partial charge on any atom is 0.236 e. The number of nitrogens with zero attached hydrogens (tertiary/aromatic N) is 3. The molecule has 0 aliphatic carbocycles. The zero-order chi connectivity index (χ0) is 18.5. The lowest BCUT2D eigenvalue weighted by Gasteiger charge is -2.34. The van der Waals surface area contributed by atoms with Crippen LogP contribution in [0.15, 0.2) is 28.2 Å². The third-order valence-corrected chi connectivity index (χ3v) is 6.40. The number of hydrogen-bond acceptors (Lipinski definition) is 6. The molecular weight excluding hydrogens is 362 g/mol. The largest absolute Gasteiger partial charge is 0.444 e. The molecule has 1 amide bonds. The van der Waals surface area contributed by atoms with E-state index in [1.54, 1.807) is 17.6 Å². The average Bonchev–Trinajstić information content (AvgIpc) is 3.39. The van der Waals surface area contributed by atoms with E-state index in [1.807, 2.05) is 22.4 Å². The van der Waals surface area contributed by atoms with E-state index in [0.29, 0.717) is 12.3 Å². The molecule has 0 radical (unpaired) electrons. The molecule has 2 aliphatic rings. The highest BCUT2D eigenvalue weighted by atomic mass is 32.1. The van der Waals surface area contributed by atoms with Gasteiger partial charge in [-0.05, 0) is 43.2 Å². The summed E-state index contributed by atoms with van der Waals surface area (Å²) in [5, 5.41) is 1.99. The number of morpholine rings is 1. The number of carbonyl (C=O) groups is 1. The van der Waals surface area contributed by atoms with E-state index in [-0.39, 0.29) is 5.91 Å². The standard InChI is InChI=1S/C20H27N3O3S/c24-19(14-17-15-26-20(21-17)18-2-1-13-27-18)23-7-4-16(5-8-23)3-6-22-9-11-25-12-10-22/h1-2,13,15-16H,3-12,14H2. The normalized spacial score (nSPS) is 19.5. The number of oxazole rings is 1. The van der Waals surface area contributed by atoms with Crippen LogP contribution >= 0.6 is 11.3 Å². The Morgan fingerprint density at radius 2 is 2.04 bits per heavy atom. The molecule has 146 valence electrons. The van der Waals surface area contributed by atoms with Crippen molar-refractivity contribution in [3.05, 3.63) is 29.5 Å². The van der Waals surface area contributed by atoms with E-state index in [9.17, 15) is 4.79 Å². The number of thiophene rings is 1. The van der Waals surface area contributed by atoms with Gasteiger partial charge >= 0.3 is 0 Å². The summed E-state index contributed by atoms with van der Waals surface area (Å²) in [5.41, 5.74) is 0.720. The lowest BCUT2D eigenvalue weighted by Crippen LogP contribution is -2.41. The molecule has 2 aromatic rings. The molecular formula is C20H27N3O3S. The number of piperidine rings is 1. The van der Waals surface area contributed by atoms with Gasteiger partial charge in [0.2, 0.25) is 11.8 Å². The van der Waals surface area contributed by atoms with Crippen LogP contribution < -0.4 is 0 Å². The average molecular weight is 390 g/mol. The maximum atomic E-state index is 12.6. The smallest absolute Gasteiger partial charge is 0.236 e. The van der Waals surface area contributed by atoms with Crippen molar-refractivity contribution in [1.29, 1.82) is 0 Å². The van der Waals surface area contributed by atoms with Gasteiger partial charge in [0, 0.05) is 26.2 Å². The highest BCUT2D eigenvalue weighted by Gasteiger charge is 2.24. The number of carbonyl (C=O) groups excluding carboxylic acids is 1. The molecule has 0 atom stereocenters. The Hall–Kier alpha value is -1.70. The van der Waals surface area contributed by atoms with Crippen molar-refractivity contribution in [2.45, 2.75) is 25.7 Å². The zero-order valence-electron chi connectivity index (χ0n) is 15.6. The van der Waals surface area contributed by atoms with Crippen molar-refractivity contribution in [2.75, 3.05) is 45.9 Å². The summed E-state index contributed by atoms with van der Waals surface area (Å²) < 4.78 is 10.9.